The zero-order chi connectivity index (χ0) is 11.1. The van der Waals surface area contributed by atoms with Gasteiger partial charge in [-0.2, -0.15) is 15.0 Å². The Balaban J connectivity index is 2.02. The molecule has 0 bridgehead atoms. The van der Waals surface area contributed by atoms with E-state index in [1.165, 1.54) is 17.9 Å². The molecule has 1 aromatic heterocycles. The van der Waals surface area contributed by atoms with Gasteiger partial charge in [0.1, 0.15) is 5.69 Å². The maximum atomic E-state index is 12.9. The van der Waals surface area contributed by atoms with E-state index in [-0.39, 0.29) is 24.4 Å². The van der Waals surface area contributed by atoms with E-state index in [0.29, 0.717) is 6.42 Å². The van der Waals surface area contributed by atoms with Crippen LogP contribution in [-0.4, -0.2) is 26.7 Å². The third-order valence-corrected chi connectivity index (χ3v) is 2.70. The van der Waals surface area contributed by atoms with E-state index in [2.05, 4.69) is 10.2 Å². The topological polar surface area (TPSA) is 47.8 Å². The Kier molecular flexibility index (Phi) is 2.28. The molecule has 0 N–H and O–H groups in total. The Bertz CT molecular complexity index is 388. The normalized spacial score (nSPS) is 23.5. The molecule has 0 radical (unpaired) electrons. The summed E-state index contributed by atoms with van der Waals surface area (Å²) in [4.78, 5) is 12.1. The maximum Gasteiger partial charge on any atom is 0.252 e. The molecule has 0 aliphatic heterocycles. The number of hydrogen-bond acceptors (Lipinski definition) is 3. The van der Waals surface area contributed by atoms with Crippen molar-refractivity contribution in [1.82, 2.24) is 15.0 Å². The lowest BCUT2D eigenvalue weighted by Crippen LogP contribution is -2.41. The van der Waals surface area contributed by atoms with Gasteiger partial charge < -0.3 is 0 Å². The van der Waals surface area contributed by atoms with Crippen LogP contribution in [0.4, 0.5) is 8.78 Å². The summed E-state index contributed by atoms with van der Waals surface area (Å²) in [6, 6.07) is 0. The van der Waals surface area contributed by atoms with Gasteiger partial charge in [0.2, 0.25) is 0 Å². The van der Waals surface area contributed by atoms with E-state index in [0.717, 1.165) is 0 Å². The first-order valence-electron chi connectivity index (χ1n) is 4.78. The zero-order valence-electron chi connectivity index (χ0n) is 8.28. The SMILES string of the molecule is CC(=O)c1cnn(CC2CCC2(F)F)n1. The van der Waals surface area contributed by atoms with Crippen LogP contribution in [0.3, 0.4) is 0 Å². The molecule has 4 nitrogen and oxygen atoms in total. The number of nitrogens with zero attached hydrogens (tertiary/aromatic N) is 3. The fraction of sp³-hybridized carbons (Fsp3) is 0.667. The number of hydrogen-bond donors (Lipinski definition) is 0. The predicted molar refractivity (Wildman–Crippen MR) is 47.7 cm³/mol. The average Bonchev–Trinajstić information content (AvgIpc) is 2.61. The summed E-state index contributed by atoms with van der Waals surface area (Å²) in [7, 11) is 0. The van der Waals surface area contributed by atoms with Gasteiger partial charge in [-0.3, -0.25) is 4.79 Å². The number of carbonyl (C=O) groups excluding carboxylic acids is 1. The first kappa shape index (κ1) is 10.2. The van der Waals surface area contributed by atoms with Gasteiger partial charge in [0.15, 0.2) is 5.78 Å². The minimum atomic E-state index is -2.59. The van der Waals surface area contributed by atoms with E-state index < -0.39 is 11.8 Å². The van der Waals surface area contributed by atoms with Crippen molar-refractivity contribution in [3.05, 3.63) is 11.9 Å². The second-order valence-corrected chi connectivity index (χ2v) is 3.84. The summed E-state index contributed by atoms with van der Waals surface area (Å²) >= 11 is 0. The summed E-state index contributed by atoms with van der Waals surface area (Å²) in [5.41, 5.74) is 0.220. The van der Waals surface area contributed by atoms with E-state index >= 15 is 0 Å². The van der Waals surface area contributed by atoms with Crippen LogP contribution in [0.5, 0.6) is 0 Å². The Labute approximate surface area is 85.3 Å². The lowest BCUT2D eigenvalue weighted by molar-refractivity contribution is -0.139. The van der Waals surface area contributed by atoms with Crippen molar-refractivity contribution < 1.29 is 13.6 Å². The number of aromatic nitrogens is 3. The Morgan fingerprint density at radius 3 is 2.87 bits per heavy atom. The van der Waals surface area contributed by atoms with Gasteiger partial charge in [0, 0.05) is 19.3 Å². The van der Waals surface area contributed by atoms with Crippen molar-refractivity contribution in [2.24, 2.45) is 5.92 Å². The Morgan fingerprint density at radius 1 is 1.73 bits per heavy atom. The lowest BCUT2D eigenvalue weighted by Gasteiger charge is -2.35. The number of Topliss-reactive ketones (excluding diaryl/α,β-unsaturated/α-hetero) is 1. The summed E-state index contributed by atoms with van der Waals surface area (Å²) in [5.74, 6) is -3.49. The molecule has 1 fully saturated rings. The molecule has 1 aliphatic rings. The van der Waals surface area contributed by atoms with E-state index in [1.54, 1.807) is 0 Å². The summed E-state index contributed by atoms with van der Waals surface area (Å²) < 4.78 is 25.8. The van der Waals surface area contributed by atoms with Crippen molar-refractivity contribution in [2.75, 3.05) is 0 Å². The summed E-state index contributed by atoms with van der Waals surface area (Å²) in [6.45, 7) is 1.45. The van der Waals surface area contributed by atoms with Crippen LogP contribution in [-0.2, 0) is 6.54 Å². The van der Waals surface area contributed by atoms with Gasteiger partial charge in [0.25, 0.3) is 5.92 Å². The van der Waals surface area contributed by atoms with Crippen molar-refractivity contribution in [3.8, 4) is 0 Å². The van der Waals surface area contributed by atoms with E-state index in [4.69, 9.17) is 0 Å². The number of rotatable bonds is 3. The molecule has 1 saturated carbocycles. The van der Waals surface area contributed by atoms with Gasteiger partial charge in [-0.25, -0.2) is 8.78 Å². The molecule has 2 rings (SSSR count). The molecular formula is C9H11F2N3O. The number of halogens is 2. The van der Waals surface area contributed by atoms with Crippen LogP contribution in [0.15, 0.2) is 6.20 Å². The van der Waals surface area contributed by atoms with E-state index in [1.807, 2.05) is 0 Å². The molecule has 0 spiro atoms. The van der Waals surface area contributed by atoms with Gasteiger partial charge >= 0.3 is 0 Å². The molecule has 82 valence electrons. The Hall–Kier alpha value is -1.33. The highest BCUT2D eigenvalue weighted by molar-refractivity contribution is 5.91. The predicted octanol–water partition coefficient (Wildman–Crippen LogP) is 1.53. The second-order valence-electron chi connectivity index (χ2n) is 3.84. The first-order chi connectivity index (χ1) is 6.99. The molecule has 0 saturated heterocycles. The molecule has 6 heteroatoms. The van der Waals surface area contributed by atoms with Gasteiger partial charge in [-0.05, 0) is 6.42 Å². The molecular weight excluding hydrogens is 204 g/mol. The van der Waals surface area contributed by atoms with Crippen LogP contribution < -0.4 is 0 Å². The summed E-state index contributed by atoms with van der Waals surface area (Å²) in [5, 5.41) is 7.60. The molecule has 1 aliphatic carbocycles. The molecule has 15 heavy (non-hydrogen) atoms. The highest BCUT2D eigenvalue weighted by atomic mass is 19.3. The highest BCUT2D eigenvalue weighted by Crippen LogP contribution is 2.43. The lowest BCUT2D eigenvalue weighted by atomic mass is 9.81. The van der Waals surface area contributed by atoms with Crippen molar-refractivity contribution in [3.63, 3.8) is 0 Å². The number of ketones is 1. The summed E-state index contributed by atoms with van der Waals surface area (Å²) in [6.07, 6.45) is 1.74. The molecule has 1 unspecified atom stereocenters. The second kappa shape index (κ2) is 3.36. The van der Waals surface area contributed by atoms with Gasteiger partial charge in [0.05, 0.1) is 12.7 Å². The van der Waals surface area contributed by atoms with Crippen LogP contribution in [0.1, 0.15) is 30.3 Å². The highest BCUT2D eigenvalue weighted by Gasteiger charge is 2.48. The van der Waals surface area contributed by atoms with Crippen molar-refractivity contribution in [1.29, 1.82) is 0 Å². The minimum absolute atomic E-state index is 0.0570. The number of alkyl halides is 2. The van der Waals surface area contributed by atoms with Crippen LogP contribution in [0.25, 0.3) is 0 Å². The van der Waals surface area contributed by atoms with Crippen molar-refractivity contribution in [2.45, 2.75) is 32.2 Å². The number of carbonyl (C=O) groups is 1. The van der Waals surface area contributed by atoms with Crippen LogP contribution in [0.2, 0.25) is 0 Å². The molecule has 1 atom stereocenters. The smallest absolute Gasteiger partial charge is 0.252 e. The monoisotopic (exact) mass is 215 g/mol. The van der Waals surface area contributed by atoms with Crippen molar-refractivity contribution >= 4 is 5.78 Å². The van der Waals surface area contributed by atoms with Crippen LogP contribution in [0, 0.1) is 5.92 Å². The molecule has 1 heterocycles. The van der Waals surface area contributed by atoms with Crippen LogP contribution >= 0.6 is 0 Å². The first-order valence-corrected chi connectivity index (χ1v) is 4.78. The largest absolute Gasteiger partial charge is 0.293 e. The standard InChI is InChI=1S/C9H11F2N3O/c1-6(15)8-4-12-14(13-8)5-7-2-3-9(7,10)11/h4,7H,2-3,5H2,1H3. The van der Waals surface area contributed by atoms with Gasteiger partial charge in [-0.15, -0.1) is 0 Å². The third kappa shape index (κ3) is 1.88. The fourth-order valence-electron chi connectivity index (χ4n) is 1.54. The molecule has 1 aromatic rings. The third-order valence-electron chi connectivity index (χ3n) is 2.70. The van der Waals surface area contributed by atoms with Gasteiger partial charge in [-0.1, -0.05) is 0 Å². The molecule has 0 amide bonds. The quantitative estimate of drug-likeness (QED) is 0.718. The Morgan fingerprint density at radius 2 is 2.47 bits per heavy atom. The maximum absolute atomic E-state index is 12.9. The fourth-order valence-corrected chi connectivity index (χ4v) is 1.54. The zero-order valence-corrected chi connectivity index (χ0v) is 8.28. The molecule has 0 aromatic carbocycles. The minimum Gasteiger partial charge on any atom is -0.293 e. The average molecular weight is 215 g/mol. The van der Waals surface area contributed by atoms with E-state index in [9.17, 15) is 13.6 Å².